The van der Waals surface area contributed by atoms with Gasteiger partial charge in [-0.3, -0.25) is 14.4 Å². The molecule has 1 saturated heterocycles. The number of nitrogens with one attached hydrogen (secondary N) is 3. The van der Waals surface area contributed by atoms with Crippen LogP contribution in [0.4, 0.5) is 0 Å². The number of amides is 3. The minimum absolute atomic E-state index is 0.00855. The molecule has 0 bridgehead atoms. The van der Waals surface area contributed by atoms with E-state index >= 15 is 0 Å². The maximum absolute atomic E-state index is 13.6. The summed E-state index contributed by atoms with van der Waals surface area (Å²) in [6.45, 7) is 5.04. The van der Waals surface area contributed by atoms with Crippen LogP contribution in [0.1, 0.15) is 42.6 Å². The Labute approximate surface area is 248 Å². The number of carbonyl (C=O) groups is 3. The Bertz CT molecular complexity index is 1200. The fourth-order valence-electron chi connectivity index (χ4n) is 4.18. The number of nitrogens with two attached hydrogens (primary N) is 1. The van der Waals surface area contributed by atoms with Crippen LogP contribution < -0.4 is 21.7 Å². The fourth-order valence-corrected chi connectivity index (χ4v) is 4.94. The van der Waals surface area contributed by atoms with Gasteiger partial charge in [-0.2, -0.15) is 0 Å². The van der Waals surface area contributed by atoms with Crippen molar-refractivity contribution in [1.82, 2.24) is 20.9 Å². The summed E-state index contributed by atoms with van der Waals surface area (Å²) in [5.41, 5.74) is 7.10. The van der Waals surface area contributed by atoms with Crippen LogP contribution in [0, 0.1) is 5.92 Å². The molecule has 3 rings (SSSR count). The molecule has 1 aliphatic heterocycles. The van der Waals surface area contributed by atoms with Crippen molar-refractivity contribution in [2.75, 3.05) is 19.6 Å². The van der Waals surface area contributed by atoms with Crippen LogP contribution in [0.3, 0.4) is 0 Å². The van der Waals surface area contributed by atoms with Crippen molar-refractivity contribution in [3.05, 3.63) is 67.6 Å². The van der Waals surface area contributed by atoms with Crippen molar-refractivity contribution < 1.29 is 14.4 Å². The molecule has 2 aromatic rings. The molecule has 0 saturated carbocycles. The zero-order valence-electron chi connectivity index (χ0n) is 21.8. The molecule has 212 valence electrons. The summed E-state index contributed by atoms with van der Waals surface area (Å²) in [5, 5.41) is 10.7. The molecule has 1 aliphatic rings. The molecule has 5 N–H and O–H groups in total. The maximum atomic E-state index is 13.6. The molecule has 2 aromatic carbocycles. The van der Waals surface area contributed by atoms with Crippen molar-refractivity contribution in [3.63, 3.8) is 0 Å². The normalized spacial score (nSPS) is 18.6. The second-order valence-corrected chi connectivity index (χ2v) is 11.5. The minimum atomic E-state index is -0.629. The third-order valence-electron chi connectivity index (χ3n) is 6.61. The molecular formula is C27H33Cl4N5O3. The summed E-state index contributed by atoms with van der Waals surface area (Å²) in [6.07, 6.45) is 0.928. The summed E-state index contributed by atoms with van der Waals surface area (Å²) in [5.74, 6) is -0.698. The molecular weight excluding hydrogens is 584 g/mol. The summed E-state index contributed by atoms with van der Waals surface area (Å²) in [7, 11) is 0. The largest absolute Gasteiger partial charge is 0.355 e. The lowest BCUT2D eigenvalue weighted by molar-refractivity contribution is -0.133. The van der Waals surface area contributed by atoms with Gasteiger partial charge in [0.25, 0.3) is 5.91 Å². The van der Waals surface area contributed by atoms with Crippen molar-refractivity contribution in [1.29, 1.82) is 0 Å². The van der Waals surface area contributed by atoms with E-state index in [-0.39, 0.29) is 42.8 Å². The number of nitrogens with zero attached hydrogens (tertiary/aromatic N) is 1. The zero-order valence-corrected chi connectivity index (χ0v) is 24.8. The van der Waals surface area contributed by atoms with Gasteiger partial charge in [0.1, 0.15) is 0 Å². The van der Waals surface area contributed by atoms with Crippen molar-refractivity contribution in [3.8, 4) is 0 Å². The molecule has 0 unspecified atom stereocenters. The van der Waals surface area contributed by atoms with Crippen LogP contribution in [0.5, 0.6) is 0 Å². The van der Waals surface area contributed by atoms with Crippen LogP contribution in [0.25, 0.3) is 0 Å². The zero-order chi connectivity index (χ0) is 28.7. The molecule has 1 fully saturated rings. The molecule has 39 heavy (non-hydrogen) atoms. The highest BCUT2D eigenvalue weighted by Crippen LogP contribution is 2.24. The van der Waals surface area contributed by atoms with Gasteiger partial charge in [-0.15, -0.1) is 0 Å². The number of hydrogen-bond donors (Lipinski definition) is 4. The molecule has 0 radical (unpaired) electrons. The van der Waals surface area contributed by atoms with Gasteiger partial charge in [0, 0.05) is 47.8 Å². The highest BCUT2D eigenvalue weighted by molar-refractivity contribution is 6.42. The van der Waals surface area contributed by atoms with E-state index in [1.807, 2.05) is 13.8 Å². The van der Waals surface area contributed by atoms with Gasteiger partial charge in [0.2, 0.25) is 11.8 Å². The van der Waals surface area contributed by atoms with E-state index < -0.39 is 12.1 Å². The van der Waals surface area contributed by atoms with Crippen molar-refractivity contribution in [2.45, 2.75) is 51.4 Å². The Hall–Kier alpha value is -2.07. The van der Waals surface area contributed by atoms with E-state index in [1.165, 1.54) is 6.07 Å². The van der Waals surface area contributed by atoms with Gasteiger partial charge < -0.3 is 26.6 Å². The van der Waals surface area contributed by atoms with Gasteiger partial charge in [-0.05, 0) is 54.7 Å². The third-order valence-corrected chi connectivity index (χ3v) is 7.94. The van der Waals surface area contributed by atoms with Crippen molar-refractivity contribution >= 4 is 64.1 Å². The lowest BCUT2D eigenvalue weighted by Crippen LogP contribution is -2.50. The van der Waals surface area contributed by atoms with Gasteiger partial charge in [-0.25, -0.2) is 0 Å². The van der Waals surface area contributed by atoms with Gasteiger partial charge in [0.05, 0.1) is 22.1 Å². The second kappa shape index (κ2) is 14.5. The number of halogens is 4. The van der Waals surface area contributed by atoms with E-state index in [0.29, 0.717) is 51.6 Å². The molecule has 1 heterocycles. The smallest absolute Gasteiger partial charge is 0.251 e. The highest BCUT2D eigenvalue weighted by atomic mass is 35.5. The molecule has 8 nitrogen and oxygen atoms in total. The maximum Gasteiger partial charge on any atom is 0.251 e. The fraction of sp³-hybridized carbons (Fsp3) is 0.444. The molecule has 0 aromatic heterocycles. The molecule has 0 aliphatic carbocycles. The first kappa shape index (κ1) is 31.5. The highest BCUT2D eigenvalue weighted by Gasteiger charge is 2.31. The van der Waals surface area contributed by atoms with E-state index in [0.717, 1.165) is 5.56 Å². The second-order valence-electron chi connectivity index (χ2n) is 9.89. The van der Waals surface area contributed by atoms with Crippen LogP contribution in [-0.4, -0.2) is 60.4 Å². The quantitative estimate of drug-likeness (QED) is 0.318. The SMILES string of the molecule is CC(C)[C@H](N)C(=O)NCC[C@@H]1N[C@H](CNC(=O)c2ccc(Cl)c(Cl)c2)CCN(Cc2ccc(Cl)cc2Cl)C1=O. The topological polar surface area (TPSA) is 117 Å². The molecule has 3 amide bonds. The minimum Gasteiger partial charge on any atom is -0.355 e. The van der Waals surface area contributed by atoms with E-state index in [1.54, 1.807) is 35.2 Å². The predicted octanol–water partition coefficient (Wildman–Crippen LogP) is 4.28. The lowest BCUT2D eigenvalue weighted by Gasteiger charge is -2.25. The van der Waals surface area contributed by atoms with E-state index in [2.05, 4.69) is 16.0 Å². The van der Waals surface area contributed by atoms with Crippen LogP contribution in [0.2, 0.25) is 20.1 Å². The standard InChI is InChI=1S/C27H33Cl4N5O3/c1-15(2)24(32)26(38)33-9-7-23-27(39)36(14-17-3-5-18(28)12-21(17)30)10-8-19(35-23)13-34-25(37)16-4-6-20(29)22(31)11-16/h3-6,11-12,15,19,23-24,35H,7-10,13-14,32H2,1-2H3,(H,33,38)(H,34,37)/t19-,23-,24-/m0/s1. The number of benzene rings is 2. The number of carbonyl (C=O) groups excluding carboxylic acids is 3. The predicted molar refractivity (Wildman–Crippen MR) is 156 cm³/mol. The number of rotatable bonds is 10. The third kappa shape index (κ3) is 8.96. The first-order valence-corrected chi connectivity index (χ1v) is 14.2. The molecule has 3 atom stereocenters. The summed E-state index contributed by atoms with van der Waals surface area (Å²) in [6, 6.07) is 8.42. The first-order chi connectivity index (χ1) is 18.5. The van der Waals surface area contributed by atoms with Crippen LogP contribution >= 0.6 is 46.4 Å². The first-order valence-electron chi connectivity index (χ1n) is 12.7. The van der Waals surface area contributed by atoms with Gasteiger partial charge in [0.15, 0.2) is 0 Å². The Morgan fingerprint density at radius 3 is 2.46 bits per heavy atom. The van der Waals surface area contributed by atoms with E-state index in [9.17, 15) is 14.4 Å². The average Bonchev–Trinajstić information content (AvgIpc) is 3.03. The Morgan fingerprint density at radius 2 is 1.79 bits per heavy atom. The van der Waals surface area contributed by atoms with Crippen LogP contribution in [-0.2, 0) is 16.1 Å². The molecule has 0 spiro atoms. The summed E-state index contributed by atoms with van der Waals surface area (Å²) >= 11 is 24.4. The summed E-state index contributed by atoms with van der Waals surface area (Å²) in [4.78, 5) is 40.3. The monoisotopic (exact) mass is 615 g/mol. The summed E-state index contributed by atoms with van der Waals surface area (Å²) < 4.78 is 0. The van der Waals surface area contributed by atoms with Crippen molar-refractivity contribution in [2.24, 2.45) is 11.7 Å². The van der Waals surface area contributed by atoms with E-state index in [4.69, 9.17) is 52.1 Å². The van der Waals surface area contributed by atoms with Gasteiger partial charge in [-0.1, -0.05) is 66.3 Å². The Balaban J connectivity index is 1.70. The average molecular weight is 617 g/mol. The van der Waals surface area contributed by atoms with Crippen LogP contribution in [0.15, 0.2) is 36.4 Å². The number of hydrogen-bond acceptors (Lipinski definition) is 5. The lowest BCUT2D eigenvalue weighted by atomic mass is 10.0. The Kier molecular flexibility index (Phi) is 11.7. The Morgan fingerprint density at radius 1 is 1.05 bits per heavy atom. The molecule has 12 heteroatoms. The van der Waals surface area contributed by atoms with Gasteiger partial charge >= 0.3 is 0 Å².